The quantitative estimate of drug-likeness (QED) is 0.917. The zero-order valence-electron chi connectivity index (χ0n) is 10.4. The molecule has 0 saturated carbocycles. The van der Waals surface area contributed by atoms with E-state index in [4.69, 9.17) is 5.73 Å². The predicted octanol–water partition coefficient (Wildman–Crippen LogP) is 1.87. The van der Waals surface area contributed by atoms with Gasteiger partial charge >= 0.3 is 0 Å². The van der Waals surface area contributed by atoms with Gasteiger partial charge in [-0.3, -0.25) is 4.40 Å². The Labute approximate surface area is 111 Å². The first-order chi connectivity index (χ1) is 8.88. The van der Waals surface area contributed by atoms with Gasteiger partial charge in [-0.15, -0.1) is 10.2 Å². The number of nitrogens with zero attached hydrogens (tertiary/aromatic N) is 3. The lowest BCUT2D eigenvalue weighted by Gasteiger charge is -2.20. The van der Waals surface area contributed by atoms with Gasteiger partial charge in [-0.25, -0.2) is 0 Å². The van der Waals surface area contributed by atoms with Gasteiger partial charge in [0.25, 0.3) is 0 Å². The van der Waals surface area contributed by atoms with Crippen LogP contribution < -0.4 is 5.73 Å². The van der Waals surface area contributed by atoms with Crippen LogP contribution in [0.3, 0.4) is 0 Å². The van der Waals surface area contributed by atoms with Crippen molar-refractivity contribution in [3.63, 3.8) is 0 Å². The lowest BCUT2D eigenvalue weighted by atomic mass is 9.98. The first kappa shape index (κ1) is 12.0. The van der Waals surface area contributed by atoms with Crippen LogP contribution in [-0.4, -0.2) is 26.1 Å². The number of nitrogens with two attached hydrogens (primary N) is 1. The summed E-state index contributed by atoms with van der Waals surface area (Å²) < 4.78 is 2.10. The minimum absolute atomic E-state index is 0.516. The number of thioether (sulfide) groups is 1. The van der Waals surface area contributed by atoms with Crippen LogP contribution in [0, 0.1) is 5.92 Å². The second kappa shape index (κ2) is 5.28. The first-order valence-corrected chi connectivity index (χ1v) is 7.63. The molecule has 18 heavy (non-hydrogen) atoms. The van der Waals surface area contributed by atoms with Crippen molar-refractivity contribution in [2.45, 2.75) is 25.8 Å². The van der Waals surface area contributed by atoms with E-state index < -0.39 is 0 Å². The van der Waals surface area contributed by atoms with Gasteiger partial charge in [0.2, 0.25) is 0 Å². The van der Waals surface area contributed by atoms with Gasteiger partial charge in [0.05, 0.1) is 0 Å². The van der Waals surface area contributed by atoms with Crippen LogP contribution in [0.15, 0.2) is 18.3 Å². The first-order valence-electron chi connectivity index (χ1n) is 6.48. The van der Waals surface area contributed by atoms with Crippen molar-refractivity contribution in [3.05, 3.63) is 29.7 Å². The summed E-state index contributed by atoms with van der Waals surface area (Å²) in [6.07, 6.45) is 5.68. The molecule has 0 amide bonds. The smallest absolute Gasteiger partial charge is 0.165 e. The average Bonchev–Trinajstić information content (AvgIpc) is 2.83. The van der Waals surface area contributed by atoms with E-state index in [9.17, 15) is 0 Å². The molecule has 2 aromatic rings. The van der Waals surface area contributed by atoms with Crippen molar-refractivity contribution in [1.29, 1.82) is 0 Å². The summed E-state index contributed by atoms with van der Waals surface area (Å²) in [6.45, 7) is 0.516. The number of hydrogen-bond acceptors (Lipinski definition) is 4. The molecule has 0 spiro atoms. The molecule has 96 valence electrons. The van der Waals surface area contributed by atoms with Crippen molar-refractivity contribution in [3.8, 4) is 0 Å². The zero-order valence-corrected chi connectivity index (χ0v) is 11.2. The standard InChI is InChI=1S/C13H18N4S/c14-9-11-2-1-5-17-12(15-16-13(11)17)8-10-3-6-18-7-4-10/h1-2,5,10H,3-4,6-9,14H2. The van der Waals surface area contributed by atoms with Gasteiger partial charge in [0.15, 0.2) is 5.65 Å². The third kappa shape index (κ3) is 2.24. The van der Waals surface area contributed by atoms with Crippen molar-refractivity contribution in [2.75, 3.05) is 11.5 Å². The van der Waals surface area contributed by atoms with E-state index in [0.717, 1.165) is 29.4 Å². The highest BCUT2D eigenvalue weighted by Gasteiger charge is 2.17. The molecule has 0 unspecified atom stereocenters. The second-order valence-electron chi connectivity index (χ2n) is 4.81. The molecular formula is C13H18N4S. The predicted molar refractivity (Wildman–Crippen MR) is 74.6 cm³/mol. The maximum Gasteiger partial charge on any atom is 0.165 e. The van der Waals surface area contributed by atoms with E-state index in [0.29, 0.717) is 6.54 Å². The number of fused-ring (bicyclic) bond motifs is 1. The molecule has 0 radical (unpaired) electrons. The summed E-state index contributed by atoms with van der Waals surface area (Å²) in [6, 6.07) is 4.05. The lowest BCUT2D eigenvalue weighted by molar-refractivity contribution is 0.474. The van der Waals surface area contributed by atoms with E-state index >= 15 is 0 Å². The maximum absolute atomic E-state index is 5.73. The van der Waals surface area contributed by atoms with Crippen molar-refractivity contribution < 1.29 is 0 Å². The largest absolute Gasteiger partial charge is 0.326 e. The Morgan fingerprint density at radius 1 is 1.33 bits per heavy atom. The van der Waals surface area contributed by atoms with Crippen LogP contribution in [0.4, 0.5) is 0 Å². The highest BCUT2D eigenvalue weighted by molar-refractivity contribution is 7.99. The number of rotatable bonds is 3. The van der Waals surface area contributed by atoms with Crippen LogP contribution >= 0.6 is 11.8 Å². The number of hydrogen-bond donors (Lipinski definition) is 1. The van der Waals surface area contributed by atoms with Gasteiger partial charge < -0.3 is 5.73 Å². The molecular weight excluding hydrogens is 244 g/mol. The second-order valence-corrected chi connectivity index (χ2v) is 6.03. The molecule has 0 atom stereocenters. The highest BCUT2D eigenvalue weighted by atomic mass is 32.2. The highest BCUT2D eigenvalue weighted by Crippen LogP contribution is 2.25. The third-order valence-corrected chi connectivity index (χ3v) is 4.67. The van der Waals surface area contributed by atoms with Gasteiger partial charge in [0.1, 0.15) is 5.82 Å². The fraction of sp³-hybridized carbons (Fsp3) is 0.538. The Kier molecular flexibility index (Phi) is 3.52. The van der Waals surface area contributed by atoms with Crippen LogP contribution in [0.1, 0.15) is 24.2 Å². The molecule has 0 bridgehead atoms. The Morgan fingerprint density at radius 2 is 2.17 bits per heavy atom. The van der Waals surface area contributed by atoms with Crippen molar-refractivity contribution in [2.24, 2.45) is 11.7 Å². The summed E-state index contributed by atoms with van der Waals surface area (Å²) >= 11 is 2.06. The van der Waals surface area contributed by atoms with E-state index in [2.05, 4.69) is 26.4 Å². The van der Waals surface area contributed by atoms with E-state index in [1.807, 2.05) is 18.3 Å². The minimum atomic E-state index is 0.516. The molecule has 1 aliphatic heterocycles. The molecule has 0 aliphatic carbocycles. The van der Waals surface area contributed by atoms with E-state index in [1.54, 1.807) is 0 Å². The van der Waals surface area contributed by atoms with E-state index in [-0.39, 0.29) is 0 Å². The summed E-state index contributed by atoms with van der Waals surface area (Å²) in [5, 5.41) is 8.63. The van der Waals surface area contributed by atoms with Gasteiger partial charge in [-0.05, 0) is 36.3 Å². The third-order valence-electron chi connectivity index (χ3n) is 3.62. The van der Waals surface area contributed by atoms with Gasteiger partial charge in [-0.1, -0.05) is 6.07 Å². The topological polar surface area (TPSA) is 56.2 Å². The van der Waals surface area contributed by atoms with Crippen LogP contribution in [0.5, 0.6) is 0 Å². The van der Waals surface area contributed by atoms with Gasteiger partial charge in [0, 0.05) is 24.7 Å². The Balaban J connectivity index is 1.88. The molecule has 2 N–H and O–H groups in total. The molecule has 1 aliphatic rings. The van der Waals surface area contributed by atoms with Crippen LogP contribution in [0.2, 0.25) is 0 Å². The SMILES string of the molecule is NCc1cccn2c(CC3CCSCC3)nnc12. The molecule has 4 nitrogen and oxygen atoms in total. The number of pyridine rings is 1. The fourth-order valence-corrected chi connectivity index (χ4v) is 3.73. The van der Waals surface area contributed by atoms with E-state index in [1.165, 1.54) is 24.3 Å². The van der Waals surface area contributed by atoms with Gasteiger partial charge in [-0.2, -0.15) is 11.8 Å². The molecule has 1 saturated heterocycles. The Morgan fingerprint density at radius 3 is 2.94 bits per heavy atom. The molecule has 3 rings (SSSR count). The summed E-state index contributed by atoms with van der Waals surface area (Å²) in [4.78, 5) is 0. The Bertz CT molecular complexity index is 531. The normalized spacial score (nSPS) is 17.4. The zero-order chi connectivity index (χ0) is 12.4. The van der Waals surface area contributed by atoms with Crippen LogP contribution in [0.25, 0.3) is 5.65 Å². The maximum atomic E-state index is 5.73. The average molecular weight is 262 g/mol. The molecule has 0 aromatic carbocycles. The summed E-state index contributed by atoms with van der Waals surface area (Å²) in [5.41, 5.74) is 7.71. The monoisotopic (exact) mass is 262 g/mol. The fourth-order valence-electron chi connectivity index (χ4n) is 2.53. The van der Waals surface area contributed by atoms with Crippen LogP contribution in [-0.2, 0) is 13.0 Å². The number of aromatic nitrogens is 3. The molecule has 2 aromatic heterocycles. The summed E-state index contributed by atoms with van der Waals surface area (Å²) in [5.74, 6) is 4.42. The summed E-state index contributed by atoms with van der Waals surface area (Å²) in [7, 11) is 0. The molecule has 5 heteroatoms. The minimum Gasteiger partial charge on any atom is -0.326 e. The molecule has 3 heterocycles. The van der Waals surface area contributed by atoms with Crippen molar-refractivity contribution >= 4 is 17.4 Å². The molecule has 1 fully saturated rings. The Hall–Kier alpha value is -1.07. The lowest BCUT2D eigenvalue weighted by Crippen LogP contribution is -2.14. The van der Waals surface area contributed by atoms with Crippen molar-refractivity contribution in [1.82, 2.24) is 14.6 Å².